The Morgan fingerprint density at radius 3 is 1.60 bits per heavy atom. The lowest BCUT2D eigenvalue weighted by molar-refractivity contribution is -0.146. The van der Waals surface area contributed by atoms with Crippen LogP contribution in [0.1, 0.15) is 29.2 Å². The number of nitrogens with zero attached hydrogens (tertiary/aromatic N) is 1. The zero-order chi connectivity index (χ0) is 29.4. The quantitative estimate of drug-likeness (QED) is 0.182. The predicted octanol–water partition coefficient (Wildman–Crippen LogP) is 7.16. The smallest absolute Gasteiger partial charge is 0.247 e. The molecule has 1 N–H and O–H groups in total. The van der Waals surface area contributed by atoms with Crippen LogP contribution < -0.4 is 10.1 Å². The van der Waals surface area contributed by atoms with E-state index in [2.05, 4.69) is 21.2 Å². The summed E-state index contributed by atoms with van der Waals surface area (Å²) in [5.41, 5.74) is 3.35. The van der Waals surface area contributed by atoms with Gasteiger partial charge in [-0.05, 0) is 77.7 Å². The Labute approximate surface area is 260 Å². The lowest BCUT2D eigenvalue weighted by atomic mass is 9.54. The van der Waals surface area contributed by atoms with Crippen LogP contribution in [-0.2, 0) is 24.1 Å². The Hall–Kier alpha value is -3.65. The Balaban J connectivity index is 1.16. The molecule has 210 valence electrons. The Kier molecular flexibility index (Phi) is 6.28. The third-order valence-electron chi connectivity index (χ3n) is 8.56. The number of likely N-dealkylation sites (tertiary alicyclic amines) is 1. The first-order chi connectivity index (χ1) is 20.2. The minimum atomic E-state index is -1.29. The van der Waals surface area contributed by atoms with Crippen molar-refractivity contribution in [2.45, 2.75) is 22.7 Å². The van der Waals surface area contributed by atoms with Crippen molar-refractivity contribution in [2.24, 2.45) is 11.8 Å². The van der Waals surface area contributed by atoms with Gasteiger partial charge in [0, 0.05) is 10.2 Å². The number of halogens is 3. The van der Waals surface area contributed by atoms with Crippen LogP contribution in [-0.4, -0.2) is 28.7 Å². The first-order valence-electron chi connectivity index (χ1n) is 13.4. The number of rotatable bonds is 5. The number of anilines is 1. The van der Waals surface area contributed by atoms with E-state index in [1.165, 1.54) is 6.92 Å². The van der Waals surface area contributed by atoms with Crippen molar-refractivity contribution in [3.05, 3.63) is 124 Å². The number of hydrogen-bond acceptors (Lipinski definition) is 4. The Bertz CT molecular complexity index is 1650. The van der Waals surface area contributed by atoms with E-state index in [9.17, 15) is 14.4 Å². The van der Waals surface area contributed by atoms with Crippen molar-refractivity contribution in [1.82, 2.24) is 4.90 Å². The van der Waals surface area contributed by atoms with E-state index >= 15 is 0 Å². The molecule has 6 nitrogen and oxygen atoms in total. The van der Waals surface area contributed by atoms with Crippen LogP contribution >= 0.6 is 39.1 Å². The van der Waals surface area contributed by atoms with Gasteiger partial charge in [0.05, 0.1) is 11.8 Å². The van der Waals surface area contributed by atoms with Gasteiger partial charge in [-0.1, -0.05) is 64.5 Å². The van der Waals surface area contributed by atoms with Gasteiger partial charge >= 0.3 is 0 Å². The van der Waals surface area contributed by atoms with Crippen molar-refractivity contribution in [3.63, 3.8) is 0 Å². The van der Waals surface area contributed by atoms with Gasteiger partial charge in [-0.25, -0.2) is 0 Å². The molecule has 1 heterocycles. The zero-order valence-corrected chi connectivity index (χ0v) is 25.3. The summed E-state index contributed by atoms with van der Waals surface area (Å²) in [5.74, 6) is -2.18. The maximum atomic E-state index is 14.1. The highest BCUT2D eigenvalue weighted by Gasteiger charge is 2.73. The highest BCUT2D eigenvalue weighted by Crippen LogP contribution is 2.69. The molecule has 1 aliphatic heterocycles. The Morgan fingerprint density at radius 2 is 1.17 bits per heavy atom. The van der Waals surface area contributed by atoms with Gasteiger partial charge in [0.25, 0.3) is 0 Å². The number of alkyl halides is 2. The standard InChI is InChI=1S/C33H23BrCl2N2O4/c1-18(29(39)37-20-12-16-22(17-13-20)42-21-14-10-19(34)11-15-21)38-30(40)27-28(31(38)41)33(36)24-7-3-2-6-23(24)32(27,35)25-8-4-5-9-26(25)33/h2-18,27-28H,1H3,(H,37,39)/t18-,27+,28+,32?,33?/m1/s1. The second-order valence-corrected chi connectivity index (χ2v) is 12.9. The molecular formula is C33H23BrCl2N2O4. The third-order valence-corrected chi connectivity index (χ3v) is 10.4. The molecule has 4 aromatic carbocycles. The van der Waals surface area contributed by atoms with E-state index in [1.54, 1.807) is 24.3 Å². The molecule has 0 radical (unpaired) electrons. The molecule has 4 aliphatic rings. The van der Waals surface area contributed by atoms with E-state index in [1.807, 2.05) is 72.8 Å². The summed E-state index contributed by atoms with van der Waals surface area (Å²) in [6, 6.07) is 28.1. The fourth-order valence-electron chi connectivity index (χ4n) is 6.68. The summed E-state index contributed by atoms with van der Waals surface area (Å²) in [6.45, 7) is 1.54. The monoisotopic (exact) mass is 660 g/mol. The SMILES string of the molecule is C[C@H](C(=O)Nc1ccc(Oc2ccc(Br)cc2)cc1)N1C(=O)[C@@H]2[C@@H](C1=O)C1(Cl)c3ccccc3C2(Cl)c2ccccc21. The molecule has 8 rings (SSSR count). The van der Waals surface area contributed by atoms with Gasteiger partial charge in [0.15, 0.2) is 0 Å². The van der Waals surface area contributed by atoms with Gasteiger partial charge in [-0.2, -0.15) is 0 Å². The van der Waals surface area contributed by atoms with E-state index in [4.69, 9.17) is 27.9 Å². The molecule has 0 aromatic heterocycles. The molecule has 1 saturated heterocycles. The second kappa shape index (κ2) is 9.69. The lowest BCUT2D eigenvalue weighted by Gasteiger charge is -2.54. The first-order valence-corrected chi connectivity index (χ1v) is 15.0. The first kappa shape index (κ1) is 27.2. The van der Waals surface area contributed by atoms with Crippen LogP contribution in [0.4, 0.5) is 5.69 Å². The largest absolute Gasteiger partial charge is 0.457 e. The topological polar surface area (TPSA) is 75.7 Å². The normalized spacial score (nSPS) is 25.9. The highest BCUT2D eigenvalue weighted by molar-refractivity contribution is 9.10. The number of nitrogens with one attached hydrogen (secondary N) is 1. The number of benzene rings is 4. The van der Waals surface area contributed by atoms with E-state index < -0.39 is 45.3 Å². The minimum Gasteiger partial charge on any atom is -0.457 e. The molecule has 2 bridgehead atoms. The summed E-state index contributed by atoms with van der Waals surface area (Å²) >= 11 is 18.3. The van der Waals surface area contributed by atoms with Crippen LogP contribution in [0.5, 0.6) is 11.5 Å². The molecule has 4 aromatic rings. The average molecular weight is 662 g/mol. The average Bonchev–Trinajstić information content (AvgIpc) is 3.28. The molecule has 9 heteroatoms. The van der Waals surface area contributed by atoms with Crippen molar-refractivity contribution < 1.29 is 19.1 Å². The summed E-state index contributed by atoms with van der Waals surface area (Å²) in [7, 11) is 0. The summed E-state index contributed by atoms with van der Waals surface area (Å²) in [4.78, 5) is 40.1. The van der Waals surface area contributed by atoms with Crippen molar-refractivity contribution in [3.8, 4) is 11.5 Å². The maximum absolute atomic E-state index is 14.1. The van der Waals surface area contributed by atoms with Crippen LogP contribution in [0.2, 0.25) is 0 Å². The van der Waals surface area contributed by atoms with Crippen LogP contribution in [0.25, 0.3) is 0 Å². The molecular weight excluding hydrogens is 639 g/mol. The number of carbonyl (C=O) groups excluding carboxylic acids is 3. The second-order valence-electron chi connectivity index (χ2n) is 10.8. The zero-order valence-electron chi connectivity index (χ0n) is 22.2. The summed E-state index contributed by atoms with van der Waals surface area (Å²) in [5, 5.41) is 2.82. The minimum absolute atomic E-state index is 0.494. The predicted molar refractivity (Wildman–Crippen MR) is 164 cm³/mol. The molecule has 0 unspecified atom stereocenters. The van der Waals surface area contributed by atoms with E-state index in [0.29, 0.717) is 39.4 Å². The number of carbonyl (C=O) groups is 3. The molecule has 0 spiro atoms. The van der Waals surface area contributed by atoms with E-state index in [-0.39, 0.29) is 0 Å². The fraction of sp³-hybridized carbons (Fsp3) is 0.182. The van der Waals surface area contributed by atoms with Crippen LogP contribution in [0.15, 0.2) is 102 Å². The summed E-state index contributed by atoms with van der Waals surface area (Å²) in [6.07, 6.45) is 0. The maximum Gasteiger partial charge on any atom is 0.247 e. The van der Waals surface area contributed by atoms with Gasteiger partial charge in [-0.3, -0.25) is 19.3 Å². The van der Waals surface area contributed by atoms with Crippen molar-refractivity contribution in [2.75, 3.05) is 5.32 Å². The molecule has 3 amide bonds. The van der Waals surface area contributed by atoms with Crippen molar-refractivity contribution >= 4 is 62.5 Å². The molecule has 42 heavy (non-hydrogen) atoms. The number of amides is 3. The molecule has 3 aliphatic carbocycles. The lowest BCUT2D eigenvalue weighted by Crippen LogP contribution is -2.57. The van der Waals surface area contributed by atoms with Gasteiger partial charge < -0.3 is 10.1 Å². The third kappa shape index (κ3) is 3.73. The fourth-order valence-corrected chi connectivity index (χ4v) is 8.04. The Morgan fingerprint density at radius 1 is 0.762 bits per heavy atom. The molecule has 1 fully saturated rings. The molecule has 0 saturated carbocycles. The number of hydrogen-bond donors (Lipinski definition) is 1. The van der Waals surface area contributed by atoms with Crippen LogP contribution in [0, 0.1) is 11.8 Å². The number of imide groups is 1. The highest BCUT2D eigenvalue weighted by atomic mass is 79.9. The van der Waals surface area contributed by atoms with E-state index in [0.717, 1.165) is 9.37 Å². The van der Waals surface area contributed by atoms with Gasteiger partial charge in [0.1, 0.15) is 27.3 Å². The molecule has 3 atom stereocenters. The van der Waals surface area contributed by atoms with Gasteiger partial charge in [0.2, 0.25) is 17.7 Å². The van der Waals surface area contributed by atoms with Gasteiger partial charge in [-0.15, -0.1) is 23.2 Å². The summed E-state index contributed by atoms with van der Waals surface area (Å²) < 4.78 is 6.79. The number of ether oxygens (including phenoxy) is 1. The van der Waals surface area contributed by atoms with Crippen molar-refractivity contribution in [1.29, 1.82) is 0 Å². The van der Waals surface area contributed by atoms with Crippen LogP contribution in [0.3, 0.4) is 0 Å².